The zero-order valence-electron chi connectivity index (χ0n) is 8.90. The highest BCUT2D eigenvalue weighted by atomic mass is 16.5. The molecule has 1 aromatic rings. The second-order valence-electron chi connectivity index (χ2n) is 2.86. The lowest BCUT2D eigenvalue weighted by molar-refractivity contribution is -0.137. The minimum absolute atomic E-state index is 0.326. The smallest absolute Gasteiger partial charge is 0.330 e. The standard InChI is InChI=1S/C12H14O3/c1-3-15-12(13)9-6-10-4-7-11(14-2)8-5-10/h4-9H,3H2,1-2H3/b9-6-. The molecule has 3 heteroatoms. The molecule has 0 saturated heterocycles. The van der Waals surface area contributed by atoms with Crippen LogP contribution in [0.15, 0.2) is 30.3 Å². The summed E-state index contributed by atoms with van der Waals surface area (Å²) in [5.41, 5.74) is 0.934. The van der Waals surface area contributed by atoms with Crippen LogP contribution in [0, 0.1) is 0 Å². The highest BCUT2D eigenvalue weighted by Crippen LogP contribution is 2.12. The molecule has 0 unspecified atom stereocenters. The van der Waals surface area contributed by atoms with Crippen LogP contribution in [0.1, 0.15) is 12.5 Å². The predicted octanol–water partition coefficient (Wildman–Crippen LogP) is 2.27. The summed E-state index contributed by atoms with van der Waals surface area (Å²) in [5, 5.41) is 0. The highest BCUT2D eigenvalue weighted by molar-refractivity contribution is 5.87. The fourth-order valence-electron chi connectivity index (χ4n) is 1.07. The molecule has 0 aliphatic carbocycles. The minimum Gasteiger partial charge on any atom is -0.497 e. The first-order valence-electron chi connectivity index (χ1n) is 4.75. The number of rotatable bonds is 4. The summed E-state index contributed by atoms with van der Waals surface area (Å²) in [6.07, 6.45) is 3.11. The van der Waals surface area contributed by atoms with Crippen LogP contribution in [-0.4, -0.2) is 19.7 Å². The Morgan fingerprint density at radius 1 is 1.33 bits per heavy atom. The van der Waals surface area contributed by atoms with Crippen LogP contribution in [0.2, 0.25) is 0 Å². The van der Waals surface area contributed by atoms with E-state index in [2.05, 4.69) is 0 Å². The third kappa shape index (κ3) is 3.85. The molecule has 1 aromatic carbocycles. The van der Waals surface area contributed by atoms with Crippen molar-refractivity contribution in [3.8, 4) is 5.75 Å². The second kappa shape index (κ2) is 5.86. The number of hydrogen-bond acceptors (Lipinski definition) is 3. The molecule has 0 saturated carbocycles. The summed E-state index contributed by atoms with van der Waals surface area (Å²) in [6.45, 7) is 2.17. The largest absolute Gasteiger partial charge is 0.497 e. The summed E-state index contributed by atoms with van der Waals surface area (Å²) >= 11 is 0. The highest BCUT2D eigenvalue weighted by Gasteiger charge is 1.94. The van der Waals surface area contributed by atoms with E-state index in [1.54, 1.807) is 20.1 Å². The topological polar surface area (TPSA) is 35.5 Å². The Balaban J connectivity index is 2.60. The zero-order chi connectivity index (χ0) is 11.1. The average Bonchev–Trinajstić information content (AvgIpc) is 2.27. The molecule has 1 rings (SSSR count). The fourth-order valence-corrected chi connectivity index (χ4v) is 1.07. The Labute approximate surface area is 89.3 Å². The SMILES string of the molecule is CCOC(=O)/C=C\c1ccc(OC)cc1. The Hall–Kier alpha value is -1.77. The third-order valence-corrected chi connectivity index (χ3v) is 1.81. The molecule has 0 aromatic heterocycles. The molecule has 80 valence electrons. The Bertz CT molecular complexity index is 338. The maximum atomic E-state index is 11.0. The first-order chi connectivity index (χ1) is 7.26. The molecular formula is C12H14O3. The normalized spacial score (nSPS) is 10.3. The van der Waals surface area contributed by atoms with Gasteiger partial charge < -0.3 is 9.47 Å². The molecule has 0 aliphatic heterocycles. The Kier molecular flexibility index (Phi) is 4.41. The summed E-state index contributed by atoms with van der Waals surface area (Å²) in [5.74, 6) is 0.469. The molecule has 0 bridgehead atoms. The van der Waals surface area contributed by atoms with Gasteiger partial charge in [0.2, 0.25) is 0 Å². The number of ether oxygens (including phenoxy) is 2. The van der Waals surface area contributed by atoms with E-state index >= 15 is 0 Å². The molecule has 0 fully saturated rings. The van der Waals surface area contributed by atoms with Crippen molar-refractivity contribution in [1.82, 2.24) is 0 Å². The van der Waals surface area contributed by atoms with Gasteiger partial charge in [-0.3, -0.25) is 0 Å². The van der Waals surface area contributed by atoms with Gasteiger partial charge in [-0.15, -0.1) is 0 Å². The number of carbonyl (C=O) groups is 1. The van der Waals surface area contributed by atoms with Gasteiger partial charge in [-0.05, 0) is 30.7 Å². The average molecular weight is 206 g/mol. The summed E-state index contributed by atoms with van der Waals surface area (Å²) in [4.78, 5) is 11.0. The minimum atomic E-state index is -0.326. The van der Waals surface area contributed by atoms with Crippen molar-refractivity contribution in [2.45, 2.75) is 6.92 Å². The van der Waals surface area contributed by atoms with E-state index in [0.717, 1.165) is 11.3 Å². The van der Waals surface area contributed by atoms with Crippen molar-refractivity contribution in [3.05, 3.63) is 35.9 Å². The third-order valence-electron chi connectivity index (χ3n) is 1.81. The molecule has 0 heterocycles. The number of hydrogen-bond donors (Lipinski definition) is 0. The van der Waals surface area contributed by atoms with Crippen LogP contribution in [0.3, 0.4) is 0 Å². The van der Waals surface area contributed by atoms with Gasteiger partial charge in [0.15, 0.2) is 0 Å². The lowest BCUT2D eigenvalue weighted by atomic mass is 10.2. The van der Waals surface area contributed by atoms with E-state index in [0.29, 0.717) is 6.61 Å². The fraction of sp³-hybridized carbons (Fsp3) is 0.250. The van der Waals surface area contributed by atoms with E-state index in [-0.39, 0.29) is 5.97 Å². The number of benzene rings is 1. The Morgan fingerprint density at radius 3 is 2.53 bits per heavy atom. The van der Waals surface area contributed by atoms with Gasteiger partial charge in [-0.1, -0.05) is 12.1 Å². The van der Waals surface area contributed by atoms with Crippen LogP contribution in [-0.2, 0) is 9.53 Å². The molecule has 0 amide bonds. The van der Waals surface area contributed by atoms with Crippen molar-refractivity contribution in [1.29, 1.82) is 0 Å². The number of carbonyl (C=O) groups excluding carboxylic acids is 1. The summed E-state index contributed by atoms with van der Waals surface area (Å²) in [7, 11) is 1.61. The monoisotopic (exact) mass is 206 g/mol. The van der Waals surface area contributed by atoms with Gasteiger partial charge in [0, 0.05) is 6.08 Å². The quantitative estimate of drug-likeness (QED) is 0.560. The van der Waals surface area contributed by atoms with Crippen molar-refractivity contribution < 1.29 is 14.3 Å². The van der Waals surface area contributed by atoms with Gasteiger partial charge in [-0.25, -0.2) is 4.79 Å². The van der Waals surface area contributed by atoms with E-state index in [4.69, 9.17) is 9.47 Å². The van der Waals surface area contributed by atoms with E-state index < -0.39 is 0 Å². The lowest BCUT2D eigenvalue weighted by Crippen LogP contribution is -1.98. The number of methoxy groups -OCH3 is 1. The molecular weight excluding hydrogens is 192 g/mol. The van der Waals surface area contributed by atoms with E-state index in [1.807, 2.05) is 24.3 Å². The molecule has 3 nitrogen and oxygen atoms in total. The predicted molar refractivity (Wildman–Crippen MR) is 58.7 cm³/mol. The van der Waals surface area contributed by atoms with Crippen LogP contribution in [0.5, 0.6) is 5.75 Å². The summed E-state index contributed by atoms with van der Waals surface area (Å²) in [6, 6.07) is 7.42. The van der Waals surface area contributed by atoms with Gasteiger partial charge in [0.1, 0.15) is 5.75 Å². The first kappa shape index (κ1) is 11.3. The van der Waals surface area contributed by atoms with Crippen LogP contribution < -0.4 is 4.74 Å². The van der Waals surface area contributed by atoms with Gasteiger partial charge in [0.25, 0.3) is 0 Å². The maximum absolute atomic E-state index is 11.0. The molecule has 0 aliphatic rings. The lowest BCUT2D eigenvalue weighted by Gasteiger charge is -1.99. The number of esters is 1. The molecule has 0 N–H and O–H groups in total. The van der Waals surface area contributed by atoms with Crippen LogP contribution in [0.25, 0.3) is 6.08 Å². The van der Waals surface area contributed by atoms with Crippen molar-refractivity contribution in [2.24, 2.45) is 0 Å². The van der Waals surface area contributed by atoms with Crippen molar-refractivity contribution in [2.75, 3.05) is 13.7 Å². The van der Waals surface area contributed by atoms with E-state index in [9.17, 15) is 4.79 Å². The zero-order valence-corrected chi connectivity index (χ0v) is 8.90. The molecule has 15 heavy (non-hydrogen) atoms. The molecule has 0 spiro atoms. The maximum Gasteiger partial charge on any atom is 0.330 e. The van der Waals surface area contributed by atoms with Crippen LogP contribution >= 0.6 is 0 Å². The van der Waals surface area contributed by atoms with Crippen molar-refractivity contribution >= 4 is 12.0 Å². The van der Waals surface area contributed by atoms with Crippen molar-refractivity contribution in [3.63, 3.8) is 0 Å². The first-order valence-corrected chi connectivity index (χ1v) is 4.75. The van der Waals surface area contributed by atoms with Gasteiger partial charge >= 0.3 is 5.97 Å². The summed E-state index contributed by atoms with van der Waals surface area (Å²) < 4.78 is 9.78. The molecule has 0 radical (unpaired) electrons. The van der Waals surface area contributed by atoms with Gasteiger partial charge in [0.05, 0.1) is 13.7 Å². The molecule has 0 atom stereocenters. The van der Waals surface area contributed by atoms with Crippen LogP contribution in [0.4, 0.5) is 0 Å². The van der Waals surface area contributed by atoms with Gasteiger partial charge in [-0.2, -0.15) is 0 Å². The Morgan fingerprint density at radius 2 is 2.00 bits per heavy atom. The second-order valence-corrected chi connectivity index (χ2v) is 2.86. The van der Waals surface area contributed by atoms with E-state index in [1.165, 1.54) is 6.08 Å².